The number of ketones is 1. The molecule has 24 heavy (non-hydrogen) atoms. The summed E-state index contributed by atoms with van der Waals surface area (Å²) in [5.74, 6) is -0.104. The van der Waals surface area contributed by atoms with E-state index in [-0.39, 0.29) is 5.78 Å². The summed E-state index contributed by atoms with van der Waals surface area (Å²) < 4.78 is 5.28. The first-order valence-electron chi connectivity index (χ1n) is 7.97. The number of hydrogen-bond donors (Lipinski definition) is 1. The number of alkyl carbamates (subject to hydrolysis) is 1. The van der Waals surface area contributed by atoms with Crippen LogP contribution in [-0.4, -0.2) is 17.5 Å². The number of fused-ring (bicyclic) bond motifs is 1. The third kappa shape index (κ3) is 4.44. The fraction of sp³-hybridized carbons (Fsp3) is 0.300. The molecule has 0 spiro atoms. The van der Waals surface area contributed by atoms with E-state index in [9.17, 15) is 9.59 Å². The van der Waals surface area contributed by atoms with E-state index < -0.39 is 11.7 Å². The molecule has 1 N–H and O–H groups in total. The molecule has 0 aliphatic heterocycles. The summed E-state index contributed by atoms with van der Waals surface area (Å²) in [6, 6.07) is 7.55. The molecule has 1 aromatic rings. The van der Waals surface area contributed by atoms with Crippen molar-refractivity contribution in [3.8, 4) is 0 Å². The van der Waals surface area contributed by atoms with Gasteiger partial charge in [0.05, 0.1) is 5.70 Å². The van der Waals surface area contributed by atoms with Crippen LogP contribution in [-0.2, 0) is 11.2 Å². The number of hydrogen-bond acceptors (Lipinski definition) is 3. The summed E-state index contributed by atoms with van der Waals surface area (Å²) in [7, 11) is 0. The van der Waals surface area contributed by atoms with E-state index in [2.05, 4.69) is 11.9 Å². The molecule has 0 radical (unpaired) electrons. The molecule has 0 fully saturated rings. The number of Topliss-reactive ketones (excluding diaryl/α,β-unsaturated/α-hetero) is 1. The zero-order valence-corrected chi connectivity index (χ0v) is 14.4. The van der Waals surface area contributed by atoms with Crippen LogP contribution < -0.4 is 5.32 Å². The number of ether oxygens (including phenoxy) is 1. The molecule has 0 aromatic heterocycles. The Morgan fingerprint density at radius 3 is 2.67 bits per heavy atom. The van der Waals surface area contributed by atoms with Gasteiger partial charge < -0.3 is 4.74 Å². The minimum atomic E-state index is -0.613. The Bertz CT molecular complexity index is 721. The normalized spacial score (nSPS) is 15.0. The van der Waals surface area contributed by atoms with Crippen molar-refractivity contribution < 1.29 is 14.3 Å². The van der Waals surface area contributed by atoms with E-state index in [0.717, 1.165) is 18.4 Å². The minimum Gasteiger partial charge on any atom is -0.444 e. The largest absolute Gasteiger partial charge is 0.444 e. The Labute approximate surface area is 142 Å². The van der Waals surface area contributed by atoms with E-state index in [1.165, 1.54) is 6.08 Å². The van der Waals surface area contributed by atoms with Gasteiger partial charge in [0, 0.05) is 11.1 Å². The third-order valence-corrected chi connectivity index (χ3v) is 3.48. The number of benzene rings is 1. The second-order valence-corrected chi connectivity index (χ2v) is 6.59. The number of rotatable bonds is 3. The first-order valence-corrected chi connectivity index (χ1v) is 7.97. The van der Waals surface area contributed by atoms with Crippen molar-refractivity contribution >= 4 is 11.9 Å². The molecule has 1 aromatic carbocycles. The molecule has 126 valence electrons. The lowest BCUT2D eigenvalue weighted by atomic mass is 9.98. The van der Waals surface area contributed by atoms with Crippen molar-refractivity contribution in [3.63, 3.8) is 0 Å². The maximum atomic E-state index is 12.9. The summed E-state index contributed by atoms with van der Waals surface area (Å²) in [6.07, 6.45) is 5.93. The second kappa shape index (κ2) is 7.30. The predicted octanol–water partition coefficient (Wildman–Crippen LogP) is 4.34. The van der Waals surface area contributed by atoms with E-state index in [1.807, 2.05) is 30.3 Å². The van der Waals surface area contributed by atoms with Gasteiger partial charge in [-0.1, -0.05) is 43.0 Å². The molecule has 0 heterocycles. The highest BCUT2D eigenvalue weighted by Crippen LogP contribution is 2.24. The Balaban J connectivity index is 2.30. The van der Waals surface area contributed by atoms with Gasteiger partial charge >= 0.3 is 6.09 Å². The Kier molecular flexibility index (Phi) is 5.39. The molecule has 0 bridgehead atoms. The third-order valence-electron chi connectivity index (χ3n) is 3.48. The van der Waals surface area contributed by atoms with E-state index >= 15 is 0 Å². The van der Waals surface area contributed by atoms with Gasteiger partial charge in [-0.05, 0) is 45.3 Å². The molecule has 1 aliphatic carbocycles. The Morgan fingerprint density at radius 1 is 1.29 bits per heavy atom. The molecular formula is C20H23NO3. The van der Waals surface area contributed by atoms with Crippen LogP contribution in [0.15, 0.2) is 60.3 Å². The lowest BCUT2D eigenvalue weighted by Gasteiger charge is -2.21. The molecule has 0 atom stereocenters. The lowest BCUT2D eigenvalue weighted by Crippen LogP contribution is -2.33. The summed E-state index contributed by atoms with van der Waals surface area (Å²) >= 11 is 0. The van der Waals surface area contributed by atoms with Gasteiger partial charge in [0.2, 0.25) is 0 Å². The molecule has 2 rings (SSSR count). The average molecular weight is 325 g/mol. The van der Waals surface area contributed by atoms with Gasteiger partial charge in [-0.25, -0.2) is 4.79 Å². The van der Waals surface area contributed by atoms with Crippen LogP contribution >= 0.6 is 0 Å². The summed E-state index contributed by atoms with van der Waals surface area (Å²) in [6.45, 7) is 9.03. The summed E-state index contributed by atoms with van der Waals surface area (Å²) in [4.78, 5) is 25.0. The number of allylic oxidation sites excluding steroid dienone is 4. The van der Waals surface area contributed by atoms with Gasteiger partial charge in [0.25, 0.3) is 0 Å². The molecule has 0 unspecified atom stereocenters. The van der Waals surface area contributed by atoms with Crippen LogP contribution in [0.5, 0.6) is 0 Å². The van der Waals surface area contributed by atoms with Crippen LogP contribution in [0.25, 0.3) is 0 Å². The fourth-order valence-electron chi connectivity index (χ4n) is 2.53. The van der Waals surface area contributed by atoms with Crippen LogP contribution in [0.1, 0.15) is 43.1 Å². The quantitative estimate of drug-likeness (QED) is 0.841. The maximum absolute atomic E-state index is 12.9. The summed E-state index contributed by atoms with van der Waals surface area (Å²) in [5, 5.41) is 2.67. The van der Waals surface area contributed by atoms with Crippen LogP contribution in [0, 0.1) is 0 Å². The predicted molar refractivity (Wildman–Crippen MR) is 94.8 cm³/mol. The van der Waals surface area contributed by atoms with E-state index in [4.69, 9.17) is 4.74 Å². The van der Waals surface area contributed by atoms with Crippen molar-refractivity contribution in [3.05, 3.63) is 71.5 Å². The van der Waals surface area contributed by atoms with Gasteiger partial charge in [-0.3, -0.25) is 10.1 Å². The number of carbonyl (C=O) groups is 2. The molecule has 0 saturated heterocycles. The smallest absolute Gasteiger partial charge is 0.412 e. The highest BCUT2D eigenvalue weighted by Gasteiger charge is 2.24. The van der Waals surface area contributed by atoms with Crippen molar-refractivity contribution in [2.45, 2.75) is 39.2 Å². The fourth-order valence-corrected chi connectivity index (χ4v) is 2.53. The van der Waals surface area contributed by atoms with Crippen molar-refractivity contribution in [2.24, 2.45) is 0 Å². The zero-order valence-electron chi connectivity index (χ0n) is 14.4. The number of carbonyl (C=O) groups excluding carboxylic acids is 2. The Morgan fingerprint density at radius 2 is 2.00 bits per heavy atom. The first kappa shape index (κ1) is 17.7. The highest BCUT2D eigenvalue weighted by molar-refractivity contribution is 6.13. The Hall–Kier alpha value is -2.62. The van der Waals surface area contributed by atoms with Gasteiger partial charge in [0.1, 0.15) is 5.60 Å². The standard InChI is InChI=1S/C20H23NO3/c1-5-9-17(21-19(23)24-20(2,3)4)16-13-8-11-14-10-6-7-12-15(14)18(16)22/h5-7,9-10,12-13H,1,8,11H2,2-4H3,(H,21,23)/b17-9+. The first-order chi connectivity index (χ1) is 11.3. The van der Waals surface area contributed by atoms with E-state index in [1.54, 1.807) is 26.8 Å². The zero-order chi connectivity index (χ0) is 17.7. The summed E-state index contributed by atoms with van der Waals surface area (Å²) in [5.41, 5.74) is 1.94. The van der Waals surface area contributed by atoms with Gasteiger partial charge in [0.15, 0.2) is 5.78 Å². The molecular weight excluding hydrogens is 302 g/mol. The van der Waals surface area contributed by atoms with Gasteiger partial charge in [-0.15, -0.1) is 0 Å². The van der Waals surface area contributed by atoms with Crippen molar-refractivity contribution in [2.75, 3.05) is 0 Å². The van der Waals surface area contributed by atoms with E-state index in [0.29, 0.717) is 16.8 Å². The SMILES string of the molecule is C=C/C=C(/NC(=O)OC(C)(C)C)C1=CCCc2ccccc2C1=O. The minimum absolute atomic E-state index is 0.104. The number of amides is 1. The number of aryl methyl sites for hydroxylation is 1. The van der Waals surface area contributed by atoms with Crippen molar-refractivity contribution in [1.29, 1.82) is 0 Å². The molecule has 1 aliphatic rings. The number of nitrogens with one attached hydrogen (secondary N) is 1. The maximum Gasteiger partial charge on any atom is 0.412 e. The molecule has 4 heteroatoms. The highest BCUT2D eigenvalue weighted by atomic mass is 16.6. The molecule has 4 nitrogen and oxygen atoms in total. The van der Waals surface area contributed by atoms with Crippen LogP contribution in [0.4, 0.5) is 4.79 Å². The van der Waals surface area contributed by atoms with Crippen molar-refractivity contribution in [1.82, 2.24) is 5.32 Å². The topological polar surface area (TPSA) is 55.4 Å². The second-order valence-electron chi connectivity index (χ2n) is 6.59. The lowest BCUT2D eigenvalue weighted by molar-refractivity contribution is 0.0547. The van der Waals surface area contributed by atoms with Crippen LogP contribution in [0.2, 0.25) is 0 Å². The monoisotopic (exact) mass is 325 g/mol. The van der Waals surface area contributed by atoms with Crippen LogP contribution in [0.3, 0.4) is 0 Å². The molecule has 1 amide bonds. The van der Waals surface area contributed by atoms with Gasteiger partial charge in [-0.2, -0.15) is 0 Å². The molecule has 0 saturated carbocycles. The average Bonchev–Trinajstić information content (AvgIpc) is 2.65.